The summed E-state index contributed by atoms with van der Waals surface area (Å²) in [5.74, 6) is 2.08. The van der Waals surface area contributed by atoms with E-state index in [1.807, 2.05) is 4.90 Å². The van der Waals surface area contributed by atoms with E-state index in [2.05, 4.69) is 0 Å². The smallest absolute Gasteiger partial charge is 0.226 e. The summed E-state index contributed by atoms with van der Waals surface area (Å²) in [6.07, 6.45) is 4.73. The van der Waals surface area contributed by atoms with Gasteiger partial charge < -0.3 is 15.4 Å². The average molecular weight is 240 g/mol. The lowest BCUT2D eigenvalue weighted by atomic mass is 10.1. The van der Waals surface area contributed by atoms with Crippen LogP contribution < -0.4 is 5.73 Å². The first-order chi connectivity index (χ1) is 8.29. The number of ether oxygens (including phenoxy) is 1. The van der Waals surface area contributed by atoms with E-state index in [0.717, 1.165) is 13.0 Å². The van der Waals surface area contributed by atoms with Crippen LogP contribution in [-0.2, 0) is 9.53 Å². The number of carbonyl (C=O) groups is 1. The highest BCUT2D eigenvalue weighted by Crippen LogP contribution is 2.58. The van der Waals surface area contributed by atoms with Gasteiger partial charge >= 0.3 is 0 Å². The van der Waals surface area contributed by atoms with Crippen molar-refractivity contribution in [1.82, 2.24) is 4.90 Å². The lowest BCUT2D eigenvalue weighted by Gasteiger charge is -2.23. The Bertz CT molecular complexity index is 252. The molecule has 0 aromatic rings. The third-order valence-electron chi connectivity index (χ3n) is 4.20. The molecule has 0 radical (unpaired) electrons. The molecule has 0 heterocycles. The van der Waals surface area contributed by atoms with Crippen molar-refractivity contribution in [2.75, 3.05) is 33.4 Å². The van der Waals surface area contributed by atoms with Gasteiger partial charge in [0.25, 0.3) is 0 Å². The molecule has 2 aliphatic rings. The predicted molar refractivity (Wildman–Crippen MR) is 66.4 cm³/mol. The van der Waals surface area contributed by atoms with Crippen molar-refractivity contribution < 1.29 is 9.53 Å². The first-order valence-electron chi connectivity index (χ1n) is 6.77. The Morgan fingerprint density at radius 1 is 1.35 bits per heavy atom. The van der Waals surface area contributed by atoms with E-state index < -0.39 is 0 Å². The Balaban J connectivity index is 1.83. The normalized spacial score (nSPS) is 30.1. The van der Waals surface area contributed by atoms with Crippen LogP contribution >= 0.6 is 0 Å². The fourth-order valence-electron chi connectivity index (χ4n) is 3.21. The maximum absolute atomic E-state index is 12.4. The van der Waals surface area contributed by atoms with Gasteiger partial charge in [-0.25, -0.2) is 0 Å². The van der Waals surface area contributed by atoms with Gasteiger partial charge in [-0.15, -0.1) is 0 Å². The Morgan fingerprint density at radius 3 is 2.65 bits per heavy atom. The van der Waals surface area contributed by atoms with Crippen molar-refractivity contribution in [2.45, 2.75) is 25.7 Å². The molecule has 0 saturated heterocycles. The molecule has 2 aliphatic carbocycles. The number of rotatable bonds is 7. The number of nitrogens with zero attached hydrogens (tertiary/aromatic N) is 1. The van der Waals surface area contributed by atoms with E-state index >= 15 is 0 Å². The van der Waals surface area contributed by atoms with E-state index in [1.54, 1.807) is 7.11 Å². The third kappa shape index (κ3) is 2.80. The van der Waals surface area contributed by atoms with Crippen molar-refractivity contribution in [2.24, 2.45) is 23.5 Å². The molecule has 17 heavy (non-hydrogen) atoms. The summed E-state index contributed by atoms with van der Waals surface area (Å²) in [5, 5.41) is 0. The Morgan fingerprint density at radius 2 is 2.06 bits per heavy atom. The highest BCUT2D eigenvalue weighted by Gasteiger charge is 2.57. The van der Waals surface area contributed by atoms with Gasteiger partial charge in [0.05, 0.1) is 6.61 Å². The second-order valence-electron chi connectivity index (χ2n) is 5.24. The predicted octanol–water partition coefficient (Wildman–Crippen LogP) is 0.856. The first-order valence-corrected chi connectivity index (χ1v) is 6.77. The zero-order chi connectivity index (χ0) is 12.3. The Hall–Kier alpha value is -0.610. The summed E-state index contributed by atoms with van der Waals surface area (Å²) in [6.45, 7) is 2.77. The van der Waals surface area contributed by atoms with Gasteiger partial charge in [-0.05, 0) is 37.6 Å². The highest BCUT2D eigenvalue weighted by molar-refractivity contribution is 5.82. The molecule has 0 aliphatic heterocycles. The van der Waals surface area contributed by atoms with Crippen LogP contribution in [0.15, 0.2) is 0 Å². The van der Waals surface area contributed by atoms with Crippen LogP contribution in [0.2, 0.25) is 0 Å². The summed E-state index contributed by atoms with van der Waals surface area (Å²) in [5.41, 5.74) is 5.52. The average Bonchev–Trinajstić information content (AvgIpc) is 2.82. The minimum atomic E-state index is 0.332. The van der Waals surface area contributed by atoms with E-state index in [-0.39, 0.29) is 0 Å². The van der Waals surface area contributed by atoms with Gasteiger partial charge in [0.1, 0.15) is 0 Å². The number of nitrogens with two attached hydrogens (primary N) is 1. The van der Waals surface area contributed by atoms with Gasteiger partial charge in [-0.2, -0.15) is 0 Å². The van der Waals surface area contributed by atoms with Crippen LogP contribution in [-0.4, -0.2) is 44.2 Å². The van der Waals surface area contributed by atoms with Crippen LogP contribution in [0.3, 0.4) is 0 Å². The van der Waals surface area contributed by atoms with Crippen LogP contribution in [0.1, 0.15) is 25.7 Å². The molecule has 0 aromatic carbocycles. The molecule has 2 N–H and O–H groups in total. The molecular formula is C13H24N2O2. The van der Waals surface area contributed by atoms with E-state index in [9.17, 15) is 4.79 Å². The number of methoxy groups -OCH3 is 1. The Kier molecular flexibility index (Phi) is 4.40. The SMILES string of the molecule is COCCN(CCCN)C(=O)C1C2CCCC21. The number of hydrogen-bond acceptors (Lipinski definition) is 3. The molecule has 1 amide bonds. The van der Waals surface area contributed by atoms with Crippen LogP contribution in [0.4, 0.5) is 0 Å². The lowest BCUT2D eigenvalue weighted by Crippen LogP contribution is -2.37. The van der Waals surface area contributed by atoms with E-state index in [1.165, 1.54) is 19.3 Å². The van der Waals surface area contributed by atoms with Crippen molar-refractivity contribution in [3.05, 3.63) is 0 Å². The summed E-state index contributed by atoms with van der Waals surface area (Å²) in [6, 6.07) is 0. The van der Waals surface area contributed by atoms with E-state index in [0.29, 0.717) is 43.4 Å². The Labute approximate surface area is 103 Å². The monoisotopic (exact) mass is 240 g/mol. The van der Waals surface area contributed by atoms with Gasteiger partial charge in [-0.3, -0.25) is 4.79 Å². The van der Waals surface area contributed by atoms with Crippen molar-refractivity contribution in [3.63, 3.8) is 0 Å². The minimum Gasteiger partial charge on any atom is -0.383 e. The number of amides is 1. The van der Waals surface area contributed by atoms with Gasteiger partial charge in [0.15, 0.2) is 0 Å². The van der Waals surface area contributed by atoms with Gasteiger partial charge in [0, 0.05) is 26.1 Å². The van der Waals surface area contributed by atoms with Crippen LogP contribution in [0.25, 0.3) is 0 Å². The molecule has 98 valence electrons. The second kappa shape index (κ2) is 5.83. The maximum atomic E-state index is 12.4. The molecule has 2 rings (SSSR count). The molecule has 2 atom stereocenters. The minimum absolute atomic E-state index is 0.332. The topological polar surface area (TPSA) is 55.6 Å². The van der Waals surface area contributed by atoms with Crippen molar-refractivity contribution in [1.29, 1.82) is 0 Å². The second-order valence-corrected chi connectivity index (χ2v) is 5.24. The third-order valence-corrected chi connectivity index (χ3v) is 4.20. The number of hydrogen-bond donors (Lipinski definition) is 1. The molecule has 4 heteroatoms. The summed E-state index contributed by atoms with van der Waals surface area (Å²) in [4.78, 5) is 14.3. The number of fused-ring (bicyclic) bond motifs is 1. The van der Waals surface area contributed by atoms with Crippen LogP contribution in [0.5, 0.6) is 0 Å². The molecule has 2 saturated carbocycles. The fourth-order valence-corrected chi connectivity index (χ4v) is 3.21. The fraction of sp³-hybridized carbons (Fsp3) is 0.923. The van der Waals surface area contributed by atoms with Gasteiger partial charge in [-0.1, -0.05) is 6.42 Å². The quantitative estimate of drug-likeness (QED) is 0.718. The van der Waals surface area contributed by atoms with Crippen LogP contribution in [0, 0.1) is 17.8 Å². The lowest BCUT2D eigenvalue weighted by molar-refractivity contribution is -0.134. The van der Waals surface area contributed by atoms with E-state index in [4.69, 9.17) is 10.5 Å². The molecule has 0 aromatic heterocycles. The molecule has 0 spiro atoms. The molecule has 0 bridgehead atoms. The zero-order valence-corrected chi connectivity index (χ0v) is 10.7. The summed E-state index contributed by atoms with van der Waals surface area (Å²) in [7, 11) is 1.68. The largest absolute Gasteiger partial charge is 0.383 e. The molecule has 4 nitrogen and oxygen atoms in total. The highest BCUT2D eigenvalue weighted by atomic mass is 16.5. The first kappa shape index (κ1) is 12.8. The number of carbonyl (C=O) groups excluding carboxylic acids is 1. The van der Waals surface area contributed by atoms with Crippen molar-refractivity contribution >= 4 is 5.91 Å². The molecular weight excluding hydrogens is 216 g/mol. The zero-order valence-electron chi connectivity index (χ0n) is 10.7. The van der Waals surface area contributed by atoms with Crippen molar-refractivity contribution in [3.8, 4) is 0 Å². The molecule has 2 fully saturated rings. The maximum Gasteiger partial charge on any atom is 0.226 e. The standard InChI is InChI=1S/C13H24N2O2/c1-17-9-8-15(7-3-6-14)13(16)12-10-4-2-5-11(10)12/h10-12H,2-9,14H2,1H3. The molecule has 2 unspecified atom stereocenters. The summed E-state index contributed by atoms with van der Waals surface area (Å²) >= 11 is 0. The van der Waals surface area contributed by atoms with Gasteiger partial charge in [0.2, 0.25) is 5.91 Å². The summed E-state index contributed by atoms with van der Waals surface area (Å²) < 4.78 is 5.07.